The molecule has 0 atom stereocenters. The molecule has 3 nitrogen and oxygen atoms in total. The molecule has 0 aliphatic carbocycles. The lowest BCUT2D eigenvalue weighted by Crippen LogP contribution is -2.43. The highest BCUT2D eigenvalue weighted by atomic mass is 16.5. The number of nitrogens with one attached hydrogen (secondary N) is 1. The Hall–Kier alpha value is -1.06. The van der Waals surface area contributed by atoms with Gasteiger partial charge in [0.05, 0.1) is 6.61 Å². The summed E-state index contributed by atoms with van der Waals surface area (Å²) in [6, 6.07) is 6.38. The second-order valence-corrected chi connectivity index (χ2v) is 5.45. The molecule has 0 radical (unpaired) electrons. The van der Waals surface area contributed by atoms with Crippen LogP contribution in [0.25, 0.3) is 0 Å². The summed E-state index contributed by atoms with van der Waals surface area (Å²) in [6.07, 6.45) is 1.02. The molecule has 1 aromatic carbocycles. The van der Waals surface area contributed by atoms with Crippen molar-refractivity contribution in [3.63, 3.8) is 0 Å². The van der Waals surface area contributed by atoms with Gasteiger partial charge in [0.25, 0.3) is 0 Å². The average molecular weight is 250 g/mol. The molecule has 18 heavy (non-hydrogen) atoms. The fourth-order valence-electron chi connectivity index (χ4n) is 1.83. The highest BCUT2D eigenvalue weighted by molar-refractivity contribution is 5.36. The van der Waals surface area contributed by atoms with Gasteiger partial charge in [0.15, 0.2) is 0 Å². The molecule has 0 saturated heterocycles. The van der Waals surface area contributed by atoms with Crippen molar-refractivity contribution in [2.24, 2.45) is 5.73 Å². The molecule has 1 rings (SSSR count). The Kier molecular flexibility index (Phi) is 5.63. The third kappa shape index (κ3) is 5.52. The maximum Gasteiger partial charge on any atom is 0.122 e. The minimum atomic E-state index is -0.144. The molecule has 3 N–H and O–H groups in total. The zero-order chi connectivity index (χ0) is 13.6. The summed E-state index contributed by atoms with van der Waals surface area (Å²) in [5.41, 5.74) is 8.30. The van der Waals surface area contributed by atoms with Gasteiger partial charge in [-0.25, -0.2) is 0 Å². The van der Waals surface area contributed by atoms with E-state index < -0.39 is 0 Å². The van der Waals surface area contributed by atoms with E-state index in [0.29, 0.717) is 6.61 Å². The van der Waals surface area contributed by atoms with Crippen molar-refractivity contribution in [1.29, 1.82) is 0 Å². The van der Waals surface area contributed by atoms with Crippen molar-refractivity contribution in [2.75, 3.05) is 19.7 Å². The average Bonchev–Trinajstić information content (AvgIpc) is 2.27. The molecule has 0 saturated carbocycles. The minimum absolute atomic E-state index is 0.144. The molecule has 0 bridgehead atoms. The van der Waals surface area contributed by atoms with E-state index in [1.165, 1.54) is 11.1 Å². The van der Waals surface area contributed by atoms with Crippen molar-refractivity contribution in [3.8, 4) is 5.75 Å². The molecular weight excluding hydrogens is 224 g/mol. The smallest absolute Gasteiger partial charge is 0.122 e. The lowest BCUT2D eigenvalue weighted by atomic mass is 10.1. The second kappa shape index (κ2) is 6.76. The van der Waals surface area contributed by atoms with E-state index in [1.807, 2.05) is 20.8 Å². The second-order valence-electron chi connectivity index (χ2n) is 5.45. The van der Waals surface area contributed by atoms with Gasteiger partial charge in [0.2, 0.25) is 0 Å². The summed E-state index contributed by atoms with van der Waals surface area (Å²) in [5.74, 6) is 0.984. The number of ether oxygens (including phenoxy) is 1. The van der Waals surface area contributed by atoms with Crippen LogP contribution in [-0.2, 0) is 6.42 Å². The first kappa shape index (κ1) is 15.0. The lowest BCUT2D eigenvalue weighted by Gasteiger charge is -2.19. The first-order chi connectivity index (χ1) is 8.42. The fraction of sp³-hybridized carbons (Fsp3) is 0.600. The molecule has 0 aliphatic rings. The number of nitrogens with two attached hydrogens (primary N) is 1. The van der Waals surface area contributed by atoms with E-state index in [1.54, 1.807) is 0 Å². The zero-order valence-corrected chi connectivity index (χ0v) is 12.0. The van der Waals surface area contributed by atoms with Crippen molar-refractivity contribution < 1.29 is 4.74 Å². The molecule has 1 aromatic rings. The van der Waals surface area contributed by atoms with Crippen molar-refractivity contribution in [3.05, 3.63) is 29.3 Å². The van der Waals surface area contributed by atoms with Crippen molar-refractivity contribution in [2.45, 2.75) is 39.7 Å². The van der Waals surface area contributed by atoms with Crippen LogP contribution in [-0.4, -0.2) is 25.2 Å². The molecule has 0 aliphatic heterocycles. The number of benzene rings is 1. The number of aryl methyl sites for hydroxylation is 1. The van der Waals surface area contributed by atoms with Crippen LogP contribution in [0.2, 0.25) is 0 Å². The molecule has 0 heterocycles. The first-order valence-corrected chi connectivity index (χ1v) is 6.64. The predicted octanol–water partition coefficient (Wildman–Crippen LogP) is 2.26. The summed E-state index contributed by atoms with van der Waals surface area (Å²) in [7, 11) is 0. The monoisotopic (exact) mass is 250 g/mol. The summed E-state index contributed by atoms with van der Waals surface area (Å²) < 4.78 is 5.53. The van der Waals surface area contributed by atoms with Crippen LogP contribution in [0.1, 0.15) is 31.9 Å². The predicted molar refractivity (Wildman–Crippen MR) is 77.2 cm³/mol. The Morgan fingerprint density at radius 2 is 2.06 bits per heavy atom. The molecular formula is C15H26N2O. The van der Waals surface area contributed by atoms with Gasteiger partial charge >= 0.3 is 0 Å². The lowest BCUT2D eigenvalue weighted by molar-refractivity contribution is 0.338. The number of rotatable bonds is 7. The van der Waals surface area contributed by atoms with E-state index in [9.17, 15) is 0 Å². The number of hydrogen-bond acceptors (Lipinski definition) is 3. The van der Waals surface area contributed by atoms with Crippen molar-refractivity contribution in [1.82, 2.24) is 5.32 Å². The van der Waals surface area contributed by atoms with E-state index >= 15 is 0 Å². The van der Waals surface area contributed by atoms with Gasteiger partial charge in [-0.3, -0.25) is 0 Å². The Morgan fingerprint density at radius 1 is 1.33 bits per heavy atom. The van der Waals surface area contributed by atoms with E-state index in [2.05, 4.69) is 30.4 Å². The zero-order valence-electron chi connectivity index (χ0n) is 12.0. The fourth-order valence-corrected chi connectivity index (χ4v) is 1.83. The van der Waals surface area contributed by atoms with Gasteiger partial charge in [-0.05, 0) is 57.9 Å². The topological polar surface area (TPSA) is 47.3 Å². The van der Waals surface area contributed by atoms with Gasteiger partial charge in [-0.15, -0.1) is 0 Å². The molecule has 3 heteroatoms. The summed E-state index contributed by atoms with van der Waals surface area (Å²) >= 11 is 0. The highest BCUT2D eigenvalue weighted by Gasteiger charge is 2.08. The maximum atomic E-state index is 5.91. The maximum absolute atomic E-state index is 5.91. The van der Waals surface area contributed by atoms with Crippen LogP contribution >= 0.6 is 0 Å². The minimum Gasteiger partial charge on any atom is -0.494 e. The van der Waals surface area contributed by atoms with Crippen LogP contribution in [0.3, 0.4) is 0 Å². The van der Waals surface area contributed by atoms with Crippen LogP contribution in [0.5, 0.6) is 5.75 Å². The SMILES string of the molecule is CCOc1ccc(CCNCC(C)(C)N)cc1C. The first-order valence-electron chi connectivity index (χ1n) is 6.64. The molecule has 0 unspecified atom stereocenters. The van der Waals surface area contributed by atoms with Crippen molar-refractivity contribution >= 4 is 0 Å². The van der Waals surface area contributed by atoms with E-state index in [4.69, 9.17) is 10.5 Å². The Balaban J connectivity index is 2.41. The molecule has 0 aromatic heterocycles. The van der Waals surface area contributed by atoms with E-state index in [-0.39, 0.29) is 5.54 Å². The van der Waals surface area contributed by atoms with Gasteiger partial charge in [0.1, 0.15) is 5.75 Å². The molecule has 0 amide bonds. The number of hydrogen-bond donors (Lipinski definition) is 2. The summed E-state index contributed by atoms with van der Waals surface area (Å²) in [5, 5.41) is 3.38. The Labute approximate surface area is 111 Å². The standard InChI is InChI=1S/C15H26N2O/c1-5-18-14-7-6-13(10-12(14)2)8-9-17-11-15(3,4)16/h6-7,10,17H,5,8-9,11,16H2,1-4H3. The largest absolute Gasteiger partial charge is 0.494 e. The van der Waals surface area contributed by atoms with E-state index in [0.717, 1.165) is 25.3 Å². The quantitative estimate of drug-likeness (QED) is 0.730. The van der Waals surface area contributed by atoms with Crippen LogP contribution in [0.4, 0.5) is 0 Å². The molecule has 0 spiro atoms. The van der Waals surface area contributed by atoms with Crippen LogP contribution in [0.15, 0.2) is 18.2 Å². The summed E-state index contributed by atoms with van der Waals surface area (Å²) in [6.45, 7) is 10.7. The third-order valence-electron chi connectivity index (χ3n) is 2.71. The summed E-state index contributed by atoms with van der Waals surface area (Å²) in [4.78, 5) is 0. The van der Waals surface area contributed by atoms with Gasteiger partial charge in [0, 0.05) is 12.1 Å². The molecule has 0 fully saturated rings. The highest BCUT2D eigenvalue weighted by Crippen LogP contribution is 2.19. The van der Waals surface area contributed by atoms with Gasteiger partial charge in [-0.2, -0.15) is 0 Å². The normalized spacial score (nSPS) is 11.6. The Morgan fingerprint density at radius 3 is 2.61 bits per heavy atom. The van der Waals surface area contributed by atoms with Gasteiger partial charge in [-0.1, -0.05) is 12.1 Å². The third-order valence-corrected chi connectivity index (χ3v) is 2.71. The van der Waals surface area contributed by atoms with Crippen LogP contribution < -0.4 is 15.8 Å². The van der Waals surface area contributed by atoms with Gasteiger partial charge < -0.3 is 15.8 Å². The van der Waals surface area contributed by atoms with Crippen LogP contribution in [0, 0.1) is 6.92 Å². The molecule has 102 valence electrons. The Bertz CT molecular complexity index is 369.